The molecule has 1 N–H and O–H groups in total. The largest absolute Gasteiger partial charge is 0.494 e. The molecular formula is C23H20ClN5O2S. The molecule has 0 atom stereocenters. The maximum Gasteiger partial charge on any atom is 0.262 e. The maximum atomic E-state index is 13.7. The molecule has 32 heavy (non-hydrogen) atoms. The number of ether oxygens (including phenoxy) is 1. The number of hydrogen-bond donors (Lipinski definition) is 1. The lowest BCUT2D eigenvalue weighted by Crippen LogP contribution is -2.32. The van der Waals surface area contributed by atoms with Gasteiger partial charge in [-0.1, -0.05) is 41.1 Å². The number of anilines is 1. The van der Waals surface area contributed by atoms with Crippen LogP contribution in [0.15, 0.2) is 61.3 Å². The maximum absolute atomic E-state index is 13.7. The number of thiazole rings is 1. The number of para-hydroxylation sites is 1. The molecule has 0 unspecified atom stereocenters. The normalized spacial score (nSPS) is 11.3. The van der Waals surface area contributed by atoms with Crippen LogP contribution >= 0.6 is 22.9 Å². The summed E-state index contributed by atoms with van der Waals surface area (Å²) in [6, 6.07) is 11.4. The molecule has 5 aromatic rings. The van der Waals surface area contributed by atoms with Crippen LogP contribution in [0.4, 0.5) is 5.13 Å². The van der Waals surface area contributed by atoms with Crippen molar-refractivity contribution in [3.8, 4) is 5.75 Å². The fourth-order valence-corrected chi connectivity index (χ4v) is 5.01. The first-order valence-corrected chi connectivity index (χ1v) is 11.3. The van der Waals surface area contributed by atoms with Gasteiger partial charge in [0.15, 0.2) is 5.13 Å². The van der Waals surface area contributed by atoms with Gasteiger partial charge in [0, 0.05) is 42.6 Å². The summed E-state index contributed by atoms with van der Waals surface area (Å²) < 4.78 is 8.25. The number of methoxy groups -OCH3 is 1. The minimum Gasteiger partial charge on any atom is -0.494 e. The standard InChI is InChI=1S/C23H20ClN5O2S/c1-31-19-8-7-17(24)21-20(19)27-23(32-21)29(11-4-10-28-12-9-25-14-28)22(30)16-13-26-18-6-3-2-5-15(16)18/h2-3,5-9,12-14,26H,4,10-11H2,1H3. The molecule has 0 bridgehead atoms. The minimum atomic E-state index is -0.109. The Balaban J connectivity index is 1.54. The Bertz CT molecular complexity index is 1390. The number of fused-ring (bicyclic) bond motifs is 2. The number of hydrogen-bond acceptors (Lipinski definition) is 5. The van der Waals surface area contributed by atoms with Crippen LogP contribution in [0.1, 0.15) is 16.8 Å². The number of nitrogens with zero attached hydrogens (tertiary/aromatic N) is 4. The quantitative estimate of drug-likeness (QED) is 0.350. The highest BCUT2D eigenvalue weighted by atomic mass is 35.5. The second-order valence-electron chi connectivity index (χ2n) is 7.28. The summed E-state index contributed by atoms with van der Waals surface area (Å²) in [4.78, 5) is 27.5. The second-order valence-corrected chi connectivity index (χ2v) is 8.67. The van der Waals surface area contributed by atoms with E-state index in [9.17, 15) is 4.79 Å². The zero-order valence-corrected chi connectivity index (χ0v) is 18.9. The lowest BCUT2D eigenvalue weighted by molar-refractivity contribution is 0.0988. The van der Waals surface area contributed by atoms with E-state index in [1.165, 1.54) is 11.3 Å². The van der Waals surface area contributed by atoms with Crippen LogP contribution in [0.2, 0.25) is 5.02 Å². The molecule has 1 amide bonds. The number of imidazole rings is 1. The van der Waals surface area contributed by atoms with Gasteiger partial charge in [0.25, 0.3) is 5.91 Å². The number of benzene rings is 2. The number of nitrogens with one attached hydrogen (secondary N) is 1. The van der Waals surface area contributed by atoms with Gasteiger partial charge in [-0.15, -0.1) is 0 Å². The van der Waals surface area contributed by atoms with E-state index in [0.717, 1.165) is 28.6 Å². The van der Waals surface area contributed by atoms with Gasteiger partial charge in [0.2, 0.25) is 0 Å². The van der Waals surface area contributed by atoms with E-state index < -0.39 is 0 Å². The van der Waals surface area contributed by atoms with Crippen molar-refractivity contribution in [3.05, 3.63) is 71.9 Å². The van der Waals surface area contributed by atoms with Gasteiger partial charge in [0.05, 0.1) is 28.7 Å². The smallest absolute Gasteiger partial charge is 0.262 e. The third kappa shape index (κ3) is 3.72. The van der Waals surface area contributed by atoms with Crippen molar-refractivity contribution in [3.63, 3.8) is 0 Å². The monoisotopic (exact) mass is 465 g/mol. The molecule has 5 rings (SSSR count). The lowest BCUT2D eigenvalue weighted by Gasteiger charge is -2.19. The van der Waals surface area contributed by atoms with Crippen molar-refractivity contribution in [2.75, 3.05) is 18.6 Å². The van der Waals surface area contributed by atoms with Crippen molar-refractivity contribution >= 4 is 55.1 Å². The Morgan fingerprint density at radius 2 is 2.16 bits per heavy atom. The van der Waals surface area contributed by atoms with Crippen LogP contribution < -0.4 is 9.64 Å². The average molecular weight is 466 g/mol. The number of aromatic amines is 1. The summed E-state index contributed by atoms with van der Waals surface area (Å²) in [7, 11) is 1.60. The van der Waals surface area contributed by atoms with Gasteiger partial charge in [-0.2, -0.15) is 0 Å². The number of H-pyrrole nitrogens is 1. The summed E-state index contributed by atoms with van der Waals surface area (Å²) in [6.45, 7) is 1.24. The van der Waals surface area contributed by atoms with Gasteiger partial charge in [-0.25, -0.2) is 9.97 Å². The van der Waals surface area contributed by atoms with Crippen molar-refractivity contribution < 1.29 is 9.53 Å². The molecule has 2 aromatic carbocycles. The second kappa shape index (κ2) is 8.64. The molecule has 0 aliphatic heterocycles. The zero-order valence-electron chi connectivity index (χ0n) is 17.3. The van der Waals surface area contributed by atoms with E-state index in [1.807, 2.05) is 35.0 Å². The molecule has 0 saturated carbocycles. The number of carbonyl (C=O) groups is 1. The molecular weight excluding hydrogens is 446 g/mol. The zero-order chi connectivity index (χ0) is 22.1. The Kier molecular flexibility index (Phi) is 5.55. The third-order valence-electron chi connectivity index (χ3n) is 5.32. The molecule has 3 aromatic heterocycles. The topological polar surface area (TPSA) is 76.0 Å². The van der Waals surface area contributed by atoms with Gasteiger partial charge in [0.1, 0.15) is 11.3 Å². The van der Waals surface area contributed by atoms with Gasteiger partial charge < -0.3 is 14.3 Å². The number of aryl methyl sites for hydroxylation is 1. The van der Waals surface area contributed by atoms with Crippen LogP contribution in [-0.2, 0) is 6.54 Å². The molecule has 0 saturated heterocycles. The SMILES string of the molecule is COc1ccc(Cl)c2sc(N(CCCn3ccnc3)C(=O)c3c[nH]c4ccccc34)nc12. The summed E-state index contributed by atoms with van der Waals surface area (Å²) >= 11 is 7.82. The van der Waals surface area contributed by atoms with E-state index in [2.05, 4.69) is 9.97 Å². The number of halogens is 1. The van der Waals surface area contributed by atoms with Crippen LogP contribution in [0.25, 0.3) is 21.1 Å². The molecule has 7 nitrogen and oxygen atoms in total. The molecule has 0 aliphatic carbocycles. The highest BCUT2D eigenvalue weighted by Crippen LogP contribution is 2.39. The highest BCUT2D eigenvalue weighted by Gasteiger charge is 2.25. The summed E-state index contributed by atoms with van der Waals surface area (Å²) in [6.07, 6.45) is 7.93. The summed E-state index contributed by atoms with van der Waals surface area (Å²) in [5.41, 5.74) is 2.19. The van der Waals surface area contributed by atoms with Crippen molar-refractivity contribution in [2.45, 2.75) is 13.0 Å². The predicted octanol–water partition coefficient (Wildman–Crippen LogP) is 5.37. The lowest BCUT2D eigenvalue weighted by atomic mass is 10.1. The Labute approximate surface area is 193 Å². The Morgan fingerprint density at radius 3 is 2.97 bits per heavy atom. The van der Waals surface area contributed by atoms with E-state index in [4.69, 9.17) is 21.3 Å². The highest BCUT2D eigenvalue weighted by molar-refractivity contribution is 7.23. The predicted molar refractivity (Wildman–Crippen MR) is 128 cm³/mol. The summed E-state index contributed by atoms with van der Waals surface area (Å²) in [5, 5.41) is 2.06. The first kappa shape index (κ1) is 20.5. The molecule has 162 valence electrons. The Morgan fingerprint density at radius 1 is 1.28 bits per heavy atom. The van der Waals surface area contributed by atoms with E-state index >= 15 is 0 Å². The van der Waals surface area contributed by atoms with E-state index in [-0.39, 0.29) is 5.91 Å². The Hall–Kier alpha value is -3.36. The fourth-order valence-electron chi connectivity index (χ4n) is 3.73. The van der Waals surface area contributed by atoms with Crippen molar-refractivity contribution in [2.24, 2.45) is 0 Å². The summed E-state index contributed by atoms with van der Waals surface area (Å²) in [5.74, 6) is 0.520. The number of rotatable bonds is 7. The van der Waals surface area contributed by atoms with Crippen LogP contribution in [-0.4, -0.2) is 39.1 Å². The van der Waals surface area contributed by atoms with Gasteiger partial charge >= 0.3 is 0 Å². The van der Waals surface area contributed by atoms with E-state index in [1.54, 1.807) is 42.9 Å². The third-order valence-corrected chi connectivity index (χ3v) is 6.86. The molecule has 0 aliphatic rings. The van der Waals surface area contributed by atoms with Crippen molar-refractivity contribution in [1.29, 1.82) is 0 Å². The van der Waals surface area contributed by atoms with Gasteiger partial charge in [-0.05, 0) is 24.6 Å². The first-order valence-electron chi connectivity index (χ1n) is 10.1. The minimum absolute atomic E-state index is 0.109. The van der Waals surface area contributed by atoms with Gasteiger partial charge in [-0.3, -0.25) is 9.69 Å². The number of aromatic nitrogens is 4. The molecule has 3 heterocycles. The van der Waals surface area contributed by atoms with Crippen molar-refractivity contribution in [1.82, 2.24) is 19.5 Å². The first-order chi connectivity index (χ1) is 15.7. The average Bonchev–Trinajstić information content (AvgIpc) is 3.56. The number of amides is 1. The van der Waals surface area contributed by atoms with Crippen LogP contribution in [0.5, 0.6) is 5.75 Å². The molecule has 0 radical (unpaired) electrons. The molecule has 0 spiro atoms. The fraction of sp³-hybridized carbons (Fsp3) is 0.174. The number of carbonyl (C=O) groups excluding carboxylic acids is 1. The molecule has 0 fully saturated rings. The van der Waals surface area contributed by atoms with Crippen LogP contribution in [0.3, 0.4) is 0 Å². The van der Waals surface area contributed by atoms with Crippen LogP contribution in [0, 0.1) is 0 Å². The molecule has 9 heteroatoms. The van der Waals surface area contributed by atoms with E-state index in [0.29, 0.717) is 33.5 Å².